The van der Waals surface area contributed by atoms with E-state index in [1.807, 2.05) is 12.1 Å². The minimum absolute atomic E-state index is 0.208. The average molecular weight is 356 g/mol. The van der Waals surface area contributed by atoms with Crippen LogP contribution in [0.15, 0.2) is 30.6 Å². The third kappa shape index (κ3) is 3.60. The first-order valence-electron chi connectivity index (χ1n) is 8.26. The first kappa shape index (κ1) is 17.6. The Kier molecular flexibility index (Phi) is 5.20. The number of benzene rings is 1. The zero-order chi connectivity index (χ0) is 18.0. The van der Waals surface area contributed by atoms with Crippen molar-refractivity contribution in [2.75, 3.05) is 33.1 Å². The average Bonchev–Trinajstić information content (AvgIpc) is 2.90. The van der Waals surface area contributed by atoms with Gasteiger partial charge in [0.1, 0.15) is 22.7 Å². The fourth-order valence-corrected chi connectivity index (χ4v) is 3.95. The van der Waals surface area contributed by atoms with Crippen molar-refractivity contribution in [2.24, 2.45) is 0 Å². The van der Waals surface area contributed by atoms with Gasteiger partial charge < -0.3 is 15.0 Å². The van der Waals surface area contributed by atoms with E-state index in [0.717, 1.165) is 28.3 Å². The van der Waals surface area contributed by atoms with E-state index in [2.05, 4.69) is 60.3 Å². The Hall–Kier alpha value is -2.18. The lowest BCUT2D eigenvalue weighted by molar-refractivity contribution is 0.310. The highest BCUT2D eigenvalue weighted by atomic mass is 32.1. The first-order valence-corrected chi connectivity index (χ1v) is 9.08. The van der Waals surface area contributed by atoms with E-state index in [4.69, 9.17) is 4.74 Å². The van der Waals surface area contributed by atoms with Crippen LogP contribution in [0.4, 0.5) is 5.82 Å². The summed E-state index contributed by atoms with van der Waals surface area (Å²) < 4.78 is 5.37. The monoisotopic (exact) mass is 356 g/mol. The molecule has 6 heteroatoms. The molecule has 0 saturated carbocycles. The predicted molar refractivity (Wildman–Crippen MR) is 105 cm³/mol. The van der Waals surface area contributed by atoms with Gasteiger partial charge in [-0.25, -0.2) is 9.97 Å². The molecule has 0 spiro atoms. The van der Waals surface area contributed by atoms with Gasteiger partial charge in [0.15, 0.2) is 0 Å². The Morgan fingerprint density at radius 3 is 2.76 bits per heavy atom. The van der Waals surface area contributed by atoms with Gasteiger partial charge in [0, 0.05) is 11.4 Å². The van der Waals surface area contributed by atoms with Crippen LogP contribution in [-0.2, 0) is 0 Å². The standard InChI is InChI=1S/C19H24N4OS/c1-12-13(2)25-19-17(12)18(21-11-22-19)20-10-16(23(3)4)14-7-6-8-15(9-14)24-5/h6-9,11,16H,10H2,1-5H3,(H,20,21,22)/t16-/m0/s1. The number of methoxy groups -OCH3 is 1. The smallest absolute Gasteiger partial charge is 0.138 e. The Morgan fingerprint density at radius 2 is 2.04 bits per heavy atom. The molecule has 0 unspecified atom stereocenters. The molecule has 2 heterocycles. The van der Waals surface area contributed by atoms with Crippen molar-refractivity contribution < 1.29 is 4.74 Å². The van der Waals surface area contributed by atoms with Gasteiger partial charge in [-0.2, -0.15) is 0 Å². The third-order valence-electron chi connectivity index (χ3n) is 4.53. The van der Waals surface area contributed by atoms with E-state index in [1.165, 1.54) is 16.0 Å². The van der Waals surface area contributed by atoms with E-state index in [-0.39, 0.29) is 6.04 Å². The molecule has 1 atom stereocenters. The van der Waals surface area contributed by atoms with Gasteiger partial charge >= 0.3 is 0 Å². The SMILES string of the molecule is COc1cccc([C@H](CNc2ncnc3sc(C)c(C)c23)N(C)C)c1. The quantitative estimate of drug-likeness (QED) is 0.722. The molecule has 132 valence electrons. The second kappa shape index (κ2) is 7.37. The summed E-state index contributed by atoms with van der Waals surface area (Å²) in [6.07, 6.45) is 1.64. The second-order valence-corrected chi connectivity index (χ2v) is 7.53. The van der Waals surface area contributed by atoms with Gasteiger partial charge in [-0.1, -0.05) is 12.1 Å². The van der Waals surface area contributed by atoms with Crippen LogP contribution in [0.5, 0.6) is 5.75 Å². The lowest BCUT2D eigenvalue weighted by Crippen LogP contribution is -2.27. The van der Waals surface area contributed by atoms with Crippen LogP contribution in [0.25, 0.3) is 10.2 Å². The molecule has 0 aliphatic rings. The topological polar surface area (TPSA) is 50.3 Å². The number of likely N-dealkylation sites (N-methyl/N-ethyl adjacent to an activating group) is 1. The molecule has 0 radical (unpaired) electrons. The van der Waals surface area contributed by atoms with Crippen molar-refractivity contribution >= 4 is 27.4 Å². The normalized spacial score (nSPS) is 12.6. The molecule has 0 amide bonds. The van der Waals surface area contributed by atoms with E-state index < -0.39 is 0 Å². The molecule has 3 rings (SSSR count). The molecular weight excluding hydrogens is 332 g/mol. The van der Waals surface area contributed by atoms with Crippen molar-refractivity contribution in [2.45, 2.75) is 19.9 Å². The molecule has 0 aliphatic carbocycles. The molecule has 0 fully saturated rings. The van der Waals surface area contributed by atoms with Gasteiger partial charge in [0.05, 0.1) is 18.5 Å². The highest BCUT2D eigenvalue weighted by Gasteiger charge is 2.17. The highest BCUT2D eigenvalue weighted by Crippen LogP contribution is 2.33. The largest absolute Gasteiger partial charge is 0.497 e. The Labute approximate surface area is 152 Å². The lowest BCUT2D eigenvalue weighted by atomic mass is 10.1. The van der Waals surface area contributed by atoms with E-state index in [9.17, 15) is 0 Å². The number of anilines is 1. The minimum Gasteiger partial charge on any atom is -0.497 e. The number of aryl methyl sites for hydroxylation is 2. The molecule has 1 aromatic carbocycles. The summed E-state index contributed by atoms with van der Waals surface area (Å²) in [5.74, 6) is 1.78. The molecule has 2 aromatic heterocycles. The number of nitrogens with one attached hydrogen (secondary N) is 1. The summed E-state index contributed by atoms with van der Waals surface area (Å²) in [7, 11) is 5.87. The van der Waals surface area contributed by atoms with Crippen LogP contribution in [0.2, 0.25) is 0 Å². The van der Waals surface area contributed by atoms with Gasteiger partial charge in [-0.05, 0) is 51.2 Å². The summed E-state index contributed by atoms with van der Waals surface area (Å²) in [6.45, 7) is 5.01. The summed E-state index contributed by atoms with van der Waals surface area (Å²) in [6, 6.07) is 8.42. The van der Waals surface area contributed by atoms with Gasteiger partial charge in [0.25, 0.3) is 0 Å². The summed E-state index contributed by atoms with van der Waals surface area (Å²) in [5.41, 5.74) is 2.46. The zero-order valence-electron chi connectivity index (χ0n) is 15.3. The van der Waals surface area contributed by atoms with Crippen LogP contribution in [-0.4, -0.2) is 42.6 Å². The molecule has 1 N–H and O–H groups in total. The molecule has 0 bridgehead atoms. The summed E-state index contributed by atoms with van der Waals surface area (Å²) in [4.78, 5) is 13.4. The Morgan fingerprint density at radius 1 is 1.24 bits per heavy atom. The van der Waals surface area contributed by atoms with Gasteiger partial charge in [0.2, 0.25) is 0 Å². The fourth-order valence-electron chi connectivity index (χ4n) is 2.96. The molecular formula is C19H24N4OS. The van der Waals surface area contributed by atoms with Crippen LogP contribution in [0.3, 0.4) is 0 Å². The maximum atomic E-state index is 5.37. The number of thiophene rings is 1. The predicted octanol–water partition coefficient (Wildman–Crippen LogP) is 4.03. The number of aromatic nitrogens is 2. The van der Waals surface area contributed by atoms with E-state index in [1.54, 1.807) is 24.8 Å². The Bertz CT molecular complexity index is 875. The number of hydrogen-bond acceptors (Lipinski definition) is 6. The third-order valence-corrected chi connectivity index (χ3v) is 5.65. The summed E-state index contributed by atoms with van der Waals surface area (Å²) >= 11 is 1.72. The molecule has 0 saturated heterocycles. The van der Waals surface area contributed by atoms with Crippen LogP contribution in [0.1, 0.15) is 22.0 Å². The van der Waals surface area contributed by atoms with E-state index in [0.29, 0.717) is 0 Å². The van der Waals surface area contributed by atoms with Gasteiger partial charge in [-0.3, -0.25) is 0 Å². The summed E-state index contributed by atoms with van der Waals surface area (Å²) in [5, 5.41) is 4.66. The maximum Gasteiger partial charge on any atom is 0.138 e. The van der Waals surface area contributed by atoms with Crippen molar-refractivity contribution in [3.05, 3.63) is 46.6 Å². The van der Waals surface area contributed by atoms with Crippen molar-refractivity contribution in [1.82, 2.24) is 14.9 Å². The number of fused-ring (bicyclic) bond motifs is 1. The van der Waals surface area contributed by atoms with Crippen molar-refractivity contribution in [1.29, 1.82) is 0 Å². The lowest BCUT2D eigenvalue weighted by Gasteiger charge is -2.25. The fraction of sp³-hybridized carbons (Fsp3) is 0.368. The first-order chi connectivity index (χ1) is 12.0. The molecule has 3 aromatic rings. The van der Waals surface area contributed by atoms with Crippen molar-refractivity contribution in [3.63, 3.8) is 0 Å². The van der Waals surface area contributed by atoms with Crippen molar-refractivity contribution in [3.8, 4) is 5.75 Å². The second-order valence-electron chi connectivity index (χ2n) is 6.32. The van der Waals surface area contributed by atoms with Crippen LogP contribution < -0.4 is 10.1 Å². The van der Waals surface area contributed by atoms with Crippen LogP contribution in [0, 0.1) is 13.8 Å². The number of nitrogens with zero attached hydrogens (tertiary/aromatic N) is 3. The van der Waals surface area contributed by atoms with E-state index >= 15 is 0 Å². The molecule has 5 nitrogen and oxygen atoms in total. The Balaban J connectivity index is 1.87. The van der Waals surface area contributed by atoms with Gasteiger partial charge in [-0.15, -0.1) is 11.3 Å². The highest BCUT2D eigenvalue weighted by molar-refractivity contribution is 7.18. The number of hydrogen-bond donors (Lipinski definition) is 1. The van der Waals surface area contributed by atoms with Crippen LogP contribution >= 0.6 is 11.3 Å². The number of rotatable bonds is 6. The maximum absolute atomic E-state index is 5.37. The number of ether oxygens (including phenoxy) is 1. The minimum atomic E-state index is 0.208. The molecule has 0 aliphatic heterocycles. The molecule has 25 heavy (non-hydrogen) atoms. The zero-order valence-corrected chi connectivity index (χ0v) is 16.1.